The molecule has 0 saturated heterocycles. The minimum Gasteiger partial charge on any atom is -0.329 e. The summed E-state index contributed by atoms with van der Waals surface area (Å²) >= 11 is 0. The molecule has 0 unspecified atom stereocenters. The van der Waals surface area contributed by atoms with Crippen molar-refractivity contribution >= 4 is 10.0 Å². The van der Waals surface area contributed by atoms with Gasteiger partial charge in [-0.1, -0.05) is 26.2 Å². The van der Waals surface area contributed by atoms with Crippen molar-refractivity contribution in [1.29, 1.82) is 0 Å². The Morgan fingerprint density at radius 3 is 2.22 bits per heavy atom. The fourth-order valence-electron chi connectivity index (χ4n) is 2.62. The van der Waals surface area contributed by atoms with Crippen LogP contribution in [0.25, 0.3) is 0 Å². The molecule has 0 aromatic carbocycles. The standard InChI is InChI=1S/C13H28N2O2S/c1-4-10-15(13(2,3)11-14)18(16,17)12-8-6-5-7-9-12/h12H,4-11,14H2,1-3H3. The number of hydrogen-bond acceptors (Lipinski definition) is 3. The van der Waals surface area contributed by atoms with Gasteiger partial charge in [-0.25, -0.2) is 8.42 Å². The van der Waals surface area contributed by atoms with Gasteiger partial charge in [0.2, 0.25) is 10.0 Å². The fourth-order valence-corrected chi connectivity index (χ4v) is 5.11. The summed E-state index contributed by atoms with van der Waals surface area (Å²) in [4.78, 5) is 0. The highest BCUT2D eigenvalue weighted by molar-refractivity contribution is 7.89. The van der Waals surface area contributed by atoms with Gasteiger partial charge in [-0.3, -0.25) is 0 Å². The van der Waals surface area contributed by atoms with Crippen LogP contribution in [-0.2, 0) is 10.0 Å². The summed E-state index contributed by atoms with van der Waals surface area (Å²) in [5, 5.41) is -0.191. The number of rotatable bonds is 6. The van der Waals surface area contributed by atoms with E-state index in [0.29, 0.717) is 13.1 Å². The van der Waals surface area contributed by atoms with Gasteiger partial charge < -0.3 is 5.73 Å². The molecule has 1 rings (SSSR count). The van der Waals surface area contributed by atoms with E-state index in [4.69, 9.17) is 5.73 Å². The van der Waals surface area contributed by atoms with Crippen molar-refractivity contribution in [3.05, 3.63) is 0 Å². The zero-order chi connectivity index (χ0) is 13.8. The van der Waals surface area contributed by atoms with Crippen molar-refractivity contribution < 1.29 is 8.42 Å². The van der Waals surface area contributed by atoms with Crippen molar-refractivity contribution in [3.8, 4) is 0 Å². The second kappa shape index (κ2) is 6.35. The van der Waals surface area contributed by atoms with E-state index in [1.54, 1.807) is 4.31 Å². The highest BCUT2D eigenvalue weighted by Gasteiger charge is 2.39. The second-order valence-corrected chi connectivity index (χ2v) is 8.03. The van der Waals surface area contributed by atoms with Crippen molar-refractivity contribution in [1.82, 2.24) is 4.31 Å². The molecule has 1 fully saturated rings. The summed E-state index contributed by atoms with van der Waals surface area (Å²) in [6.07, 6.45) is 5.68. The SMILES string of the molecule is CCCN(C(C)(C)CN)S(=O)(=O)C1CCCCC1. The zero-order valence-electron chi connectivity index (χ0n) is 12.0. The minimum absolute atomic E-state index is 0.191. The van der Waals surface area contributed by atoms with Gasteiger partial charge in [0, 0.05) is 18.6 Å². The lowest BCUT2D eigenvalue weighted by Gasteiger charge is -2.39. The van der Waals surface area contributed by atoms with E-state index in [9.17, 15) is 8.42 Å². The molecule has 1 aliphatic rings. The maximum Gasteiger partial charge on any atom is 0.217 e. The quantitative estimate of drug-likeness (QED) is 0.808. The lowest BCUT2D eigenvalue weighted by Crippen LogP contribution is -2.55. The molecule has 0 aromatic rings. The second-order valence-electron chi connectivity index (χ2n) is 5.89. The Kier molecular flexibility index (Phi) is 5.62. The van der Waals surface area contributed by atoms with Crippen LogP contribution in [0, 0.1) is 0 Å². The molecule has 0 heterocycles. The van der Waals surface area contributed by atoms with Crippen LogP contribution in [0.15, 0.2) is 0 Å². The van der Waals surface area contributed by atoms with Crippen LogP contribution in [0.4, 0.5) is 0 Å². The van der Waals surface area contributed by atoms with Crippen molar-refractivity contribution in [2.75, 3.05) is 13.1 Å². The van der Waals surface area contributed by atoms with Crippen LogP contribution in [0.2, 0.25) is 0 Å². The van der Waals surface area contributed by atoms with E-state index >= 15 is 0 Å². The average molecular weight is 276 g/mol. The Labute approximate surface area is 112 Å². The molecule has 1 saturated carbocycles. The Morgan fingerprint density at radius 2 is 1.78 bits per heavy atom. The molecular formula is C13H28N2O2S. The lowest BCUT2D eigenvalue weighted by molar-refractivity contribution is 0.230. The maximum absolute atomic E-state index is 12.8. The van der Waals surface area contributed by atoms with Gasteiger partial charge in [0.05, 0.1) is 5.25 Å². The Morgan fingerprint density at radius 1 is 1.22 bits per heavy atom. The first-order valence-corrected chi connectivity index (χ1v) is 8.58. The van der Waals surface area contributed by atoms with Crippen LogP contribution < -0.4 is 5.73 Å². The zero-order valence-corrected chi connectivity index (χ0v) is 12.8. The summed E-state index contributed by atoms with van der Waals surface area (Å²) in [5.41, 5.74) is 5.28. The van der Waals surface area contributed by atoms with Gasteiger partial charge in [-0.2, -0.15) is 4.31 Å². The van der Waals surface area contributed by atoms with Crippen LogP contribution in [0.5, 0.6) is 0 Å². The number of sulfonamides is 1. The summed E-state index contributed by atoms with van der Waals surface area (Å²) in [6, 6.07) is 0. The molecule has 1 aliphatic carbocycles. The van der Waals surface area contributed by atoms with Gasteiger partial charge in [-0.05, 0) is 33.1 Å². The normalized spacial score (nSPS) is 19.4. The third kappa shape index (κ3) is 3.45. The molecule has 0 radical (unpaired) electrons. The van der Waals surface area contributed by atoms with Crippen molar-refractivity contribution in [2.45, 2.75) is 70.1 Å². The topological polar surface area (TPSA) is 63.4 Å². The van der Waals surface area contributed by atoms with Gasteiger partial charge >= 0.3 is 0 Å². The van der Waals surface area contributed by atoms with Crippen LogP contribution in [0.3, 0.4) is 0 Å². The third-order valence-corrected chi connectivity index (χ3v) is 6.49. The molecule has 0 atom stereocenters. The molecule has 108 valence electrons. The molecule has 0 aromatic heterocycles. The number of nitrogens with zero attached hydrogens (tertiary/aromatic N) is 1. The molecule has 0 spiro atoms. The van der Waals surface area contributed by atoms with Crippen LogP contribution in [0.1, 0.15) is 59.3 Å². The maximum atomic E-state index is 12.8. The average Bonchev–Trinajstić information content (AvgIpc) is 2.36. The lowest BCUT2D eigenvalue weighted by atomic mass is 10.0. The monoisotopic (exact) mass is 276 g/mol. The highest BCUT2D eigenvalue weighted by Crippen LogP contribution is 2.29. The summed E-state index contributed by atoms with van der Waals surface area (Å²) in [6.45, 7) is 6.78. The van der Waals surface area contributed by atoms with Crippen LogP contribution >= 0.6 is 0 Å². The van der Waals surface area contributed by atoms with E-state index in [1.165, 1.54) is 6.42 Å². The fraction of sp³-hybridized carbons (Fsp3) is 1.00. The van der Waals surface area contributed by atoms with E-state index in [0.717, 1.165) is 32.1 Å². The molecule has 18 heavy (non-hydrogen) atoms. The van der Waals surface area contributed by atoms with E-state index in [-0.39, 0.29) is 5.25 Å². The molecule has 2 N–H and O–H groups in total. The number of nitrogens with two attached hydrogens (primary N) is 1. The summed E-state index contributed by atoms with van der Waals surface area (Å²) in [7, 11) is -3.20. The molecule has 5 heteroatoms. The molecule has 0 bridgehead atoms. The molecule has 0 amide bonds. The Balaban J connectivity index is 2.95. The first kappa shape index (κ1) is 15.9. The summed E-state index contributed by atoms with van der Waals surface area (Å²) in [5.74, 6) is 0. The smallest absolute Gasteiger partial charge is 0.217 e. The predicted octanol–water partition coefficient (Wildman–Crippen LogP) is 2.10. The highest BCUT2D eigenvalue weighted by atomic mass is 32.2. The van der Waals surface area contributed by atoms with Gasteiger partial charge in [0.15, 0.2) is 0 Å². The minimum atomic E-state index is -3.20. The Hall–Kier alpha value is -0.130. The van der Waals surface area contributed by atoms with Gasteiger partial charge in [0.1, 0.15) is 0 Å². The van der Waals surface area contributed by atoms with E-state index < -0.39 is 15.6 Å². The molecular weight excluding hydrogens is 248 g/mol. The van der Waals surface area contributed by atoms with E-state index in [2.05, 4.69) is 0 Å². The summed E-state index contributed by atoms with van der Waals surface area (Å²) < 4.78 is 27.2. The van der Waals surface area contributed by atoms with Gasteiger partial charge in [-0.15, -0.1) is 0 Å². The number of hydrogen-bond donors (Lipinski definition) is 1. The van der Waals surface area contributed by atoms with E-state index in [1.807, 2.05) is 20.8 Å². The van der Waals surface area contributed by atoms with Gasteiger partial charge in [0.25, 0.3) is 0 Å². The first-order valence-electron chi connectivity index (χ1n) is 7.08. The van der Waals surface area contributed by atoms with Crippen LogP contribution in [-0.4, -0.2) is 36.6 Å². The largest absolute Gasteiger partial charge is 0.329 e. The first-order chi connectivity index (χ1) is 8.36. The molecule has 4 nitrogen and oxygen atoms in total. The van der Waals surface area contributed by atoms with Crippen molar-refractivity contribution in [2.24, 2.45) is 5.73 Å². The Bertz CT molecular complexity index is 346. The predicted molar refractivity (Wildman–Crippen MR) is 75.9 cm³/mol. The molecule has 0 aliphatic heterocycles. The van der Waals surface area contributed by atoms with Crippen molar-refractivity contribution in [3.63, 3.8) is 0 Å². The third-order valence-electron chi connectivity index (χ3n) is 3.88.